The highest BCUT2D eigenvalue weighted by molar-refractivity contribution is 6.30. The third-order valence-corrected chi connectivity index (χ3v) is 6.23. The predicted molar refractivity (Wildman–Crippen MR) is 114 cm³/mol. The van der Waals surface area contributed by atoms with Crippen LogP contribution < -0.4 is 4.90 Å². The Balaban J connectivity index is 1.44. The van der Waals surface area contributed by atoms with Gasteiger partial charge in [-0.1, -0.05) is 23.7 Å². The number of esters is 1. The van der Waals surface area contributed by atoms with E-state index < -0.39 is 5.60 Å². The Morgan fingerprint density at radius 2 is 1.71 bits per heavy atom. The fourth-order valence-electron chi connectivity index (χ4n) is 4.72. The molecule has 4 rings (SSSR count). The molecule has 3 nitrogen and oxygen atoms in total. The molecule has 28 heavy (non-hydrogen) atoms. The molecule has 1 heterocycles. The third kappa shape index (κ3) is 4.05. The van der Waals surface area contributed by atoms with Crippen LogP contribution in [0, 0.1) is 5.92 Å². The van der Waals surface area contributed by atoms with Crippen molar-refractivity contribution in [1.82, 2.24) is 0 Å². The molecule has 2 fully saturated rings. The van der Waals surface area contributed by atoms with Gasteiger partial charge in [0.15, 0.2) is 0 Å². The van der Waals surface area contributed by atoms with Crippen LogP contribution in [0.2, 0.25) is 5.02 Å². The molecular formula is C24H28ClNO2. The molecule has 1 aliphatic carbocycles. The number of hydrogen-bond acceptors (Lipinski definition) is 3. The van der Waals surface area contributed by atoms with Gasteiger partial charge < -0.3 is 9.64 Å². The van der Waals surface area contributed by atoms with Crippen LogP contribution in [0.25, 0.3) is 0 Å². The molecule has 148 valence electrons. The summed E-state index contributed by atoms with van der Waals surface area (Å²) in [6.07, 6.45) is 3.64. The summed E-state index contributed by atoms with van der Waals surface area (Å²) >= 11 is 6.05. The summed E-state index contributed by atoms with van der Waals surface area (Å²) < 4.78 is 5.47. The van der Waals surface area contributed by atoms with E-state index in [4.69, 9.17) is 16.3 Å². The van der Waals surface area contributed by atoms with E-state index in [1.165, 1.54) is 30.5 Å². The van der Waals surface area contributed by atoms with E-state index in [0.717, 1.165) is 17.5 Å². The minimum atomic E-state index is -0.468. The first-order valence-electron chi connectivity index (χ1n) is 10.2. The number of benzene rings is 2. The van der Waals surface area contributed by atoms with E-state index in [-0.39, 0.29) is 5.97 Å². The first-order valence-corrected chi connectivity index (χ1v) is 10.5. The van der Waals surface area contributed by atoms with Gasteiger partial charge >= 0.3 is 5.97 Å². The average Bonchev–Trinajstić information content (AvgIpc) is 3.22. The molecule has 0 bridgehead atoms. The van der Waals surface area contributed by atoms with E-state index in [2.05, 4.69) is 29.2 Å². The summed E-state index contributed by atoms with van der Waals surface area (Å²) in [7, 11) is 0. The van der Waals surface area contributed by atoms with Gasteiger partial charge in [-0.3, -0.25) is 0 Å². The molecule has 1 saturated carbocycles. The van der Waals surface area contributed by atoms with Crippen LogP contribution in [0.3, 0.4) is 0 Å². The number of rotatable bonds is 3. The van der Waals surface area contributed by atoms with Crippen molar-refractivity contribution in [2.75, 3.05) is 11.4 Å². The molecule has 3 atom stereocenters. The monoisotopic (exact) mass is 397 g/mol. The Morgan fingerprint density at radius 3 is 2.36 bits per heavy atom. The first kappa shape index (κ1) is 19.3. The molecule has 2 aromatic rings. The van der Waals surface area contributed by atoms with Gasteiger partial charge in [-0.05, 0) is 93.8 Å². The van der Waals surface area contributed by atoms with Crippen molar-refractivity contribution in [3.05, 3.63) is 64.7 Å². The second kappa shape index (κ2) is 7.44. The molecule has 2 aromatic carbocycles. The van der Waals surface area contributed by atoms with Crippen LogP contribution in [-0.4, -0.2) is 24.2 Å². The van der Waals surface area contributed by atoms with Crippen LogP contribution in [0.4, 0.5) is 5.69 Å². The van der Waals surface area contributed by atoms with Gasteiger partial charge in [0.2, 0.25) is 0 Å². The number of halogens is 1. The van der Waals surface area contributed by atoms with Gasteiger partial charge in [0, 0.05) is 23.3 Å². The Bertz CT molecular complexity index is 838. The fourth-order valence-corrected chi connectivity index (χ4v) is 4.85. The van der Waals surface area contributed by atoms with Gasteiger partial charge in [-0.2, -0.15) is 0 Å². The highest BCUT2D eigenvalue weighted by Crippen LogP contribution is 2.47. The molecule has 4 heteroatoms. The highest BCUT2D eigenvalue weighted by atomic mass is 35.5. The smallest absolute Gasteiger partial charge is 0.338 e. The number of nitrogens with zero attached hydrogens (tertiary/aromatic N) is 1. The summed E-state index contributed by atoms with van der Waals surface area (Å²) in [6.45, 7) is 6.80. The maximum absolute atomic E-state index is 12.2. The molecule has 0 spiro atoms. The zero-order valence-corrected chi connectivity index (χ0v) is 17.6. The third-order valence-electron chi connectivity index (χ3n) is 5.97. The van der Waals surface area contributed by atoms with Crippen molar-refractivity contribution in [2.45, 2.75) is 57.6 Å². The van der Waals surface area contributed by atoms with Crippen molar-refractivity contribution < 1.29 is 9.53 Å². The maximum atomic E-state index is 12.2. The highest BCUT2D eigenvalue weighted by Gasteiger charge is 2.42. The minimum Gasteiger partial charge on any atom is -0.456 e. The summed E-state index contributed by atoms with van der Waals surface area (Å²) in [5.41, 5.74) is 2.76. The first-order chi connectivity index (χ1) is 13.3. The molecule has 0 radical (unpaired) electrons. The molecule has 0 aromatic heterocycles. The van der Waals surface area contributed by atoms with Crippen molar-refractivity contribution in [1.29, 1.82) is 0 Å². The predicted octanol–water partition coefficient (Wildman–Crippen LogP) is 6.07. The topological polar surface area (TPSA) is 29.5 Å². The second-order valence-electron chi connectivity index (χ2n) is 9.08. The largest absolute Gasteiger partial charge is 0.456 e. The van der Waals surface area contributed by atoms with Crippen molar-refractivity contribution in [2.24, 2.45) is 5.92 Å². The van der Waals surface area contributed by atoms with Crippen LogP contribution in [0.1, 0.15) is 61.9 Å². The fraction of sp³-hybridized carbons (Fsp3) is 0.458. The quantitative estimate of drug-likeness (QED) is 0.589. The van der Waals surface area contributed by atoms with Gasteiger partial charge in [0.05, 0.1) is 5.56 Å². The molecule has 2 aliphatic rings. The Morgan fingerprint density at radius 1 is 1.04 bits per heavy atom. The lowest BCUT2D eigenvalue weighted by atomic mass is 9.94. The summed E-state index contributed by atoms with van der Waals surface area (Å²) in [5.74, 6) is 1.04. The Kier molecular flexibility index (Phi) is 5.13. The van der Waals surface area contributed by atoms with E-state index >= 15 is 0 Å². The standard InChI is InChI=1S/C24H28ClNO2/c1-24(2,3)28-23(27)17-6-4-16(5-7-17)19-14-18-12-13-26(22(18)15-19)21-10-8-20(25)9-11-21/h4-11,18-19,22H,12-15H2,1-3H3/t18-,19+,22+/m0/s1. The normalized spacial score (nSPS) is 24.3. The zero-order valence-electron chi connectivity index (χ0n) is 16.8. The lowest BCUT2D eigenvalue weighted by Gasteiger charge is -2.27. The number of fused-ring (bicyclic) bond motifs is 1. The summed E-state index contributed by atoms with van der Waals surface area (Å²) in [6, 6.07) is 16.9. The van der Waals surface area contributed by atoms with E-state index in [9.17, 15) is 4.79 Å². The average molecular weight is 398 g/mol. The van der Waals surface area contributed by atoms with Crippen LogP contribution in [-0.2, 0) is 4.74 Å². The van der Waals surface area contributed by atoms with Gasteiger partial charge in [0.1, 0.15) is 5.60 Å². The lowest BCUT2D eigenvalue weighted by molar-refractivity contribution is 0.00695. The van der Waals surface area contributed by atoms with Crippen LogP contribution in [0.15, 0.2) is 48.5 Å². The van der Waals surface area contributed by atoms with Crippen molar-refractivity contribution >= 4 is 23.3 Å². The number of carbonyl (C=O) groups excluding carboxylic acids is 1. The zero-order chi connectivity index (χ0) is 19.9. The SMILES string of the molecule is CC(C)(C)OC(=O)c1ccc([C@@H]2C[C@@H]3CCN(c4ccc(Cl)cc4)[C@@H]3C2)cc1. The van der Waals surface area contributed by atoms with Crippen LogP contribution >= 0.6 is 11.6 Å². The number of hydrogen-bond donors (Lipinski definition) is 0. The summed E-state index contributed by atoms with van der Waals surface area (Å²) in [5, 5.41) is 0.786. The van der Waals surface area contributed by atoms with Gasteiger partial charge in [-0.25, -0.2) is 4.79 Å². The number of carbonyl (C=O) groups is 1. The molecule has 1 aliphatic heterocycles. The van der Waals surface area contributed by atoms with E-state index in [1.54, 1.807) is 0 Å². The number of ether oxygens (including phenoxy) is 1. The van der Waals surface area contributed by atoms with Crippen molar-refractivity contribution in [3.8, 4) is 0 Å². The van der Waals surface area contributed by atoms with E-state index in [0.29, 0.717) is 17.5 Å². The summed E-state index contributed by atoms with van der Waals surface area (Å²) in [4.78, 5) is 14.8. The molecule has 0 amide bonds. The lowest BCUT2D eigenvalue weighted by Crippen LogP contribution is -2.29. The Hall–Kier alpha value is -2.00. The van der Waals surface area contributed by atoms with Crippen molar-refractivity contribution in [3.63, 3.8) is 0 Å². The molecule has 0 N–H and O–H groups in total. The van der Waals surface area contributed by atoms with E-state index in [1.807, 2.05) is 45.0 Å². The minimum absolute atomic E-state index is 0.253. The molecule has 0 unspecified atom stereocenters. The molecular weight excluding hydrogens is 370 g/mol. The maximum Gasteiger partial charge on any atom is 0.338 e. The Labute approximate surface area is 172 Å². The molecule has 1 saturated heterocycles. The van der Waals surface area contributed by atoms with Crippen LogP contribution in [0.5, 0.6) is 0 Å². The van der Waals surface area contributed by atoms with Gasteiger partial charge in [-0.15, -0.1) is 0 Å². The second-order valence-corrected chi connectivity index (χ2v) is 9.51. The van der Waals surface area contributed by atoms with Gasteiger partial charge in [0.25, 0.3) is 0 Å². The number of anilines is 1.